The molecule has 3 rings (SSSR count). The lowest BCUT2D eigenvalue weighted by atomic mass is 10.2. The van der Waals surface area contributed by atoms with E-state index in [1.807, 2.05) is 0 Å². The lowest BCUT2D eigenvalue weighted by molar-refractivity contribution is 0.102. The molecule has 1 aliphatic rings. The molecule has 1 saturated heterocycles. The van der Waals surface area contributed by atoms with E-state index in [1.54, 1.807) is 24.3 Å². The highest BCUT2D eigenvalue weighted by molar-refractivity contribution is 7.96. The Morgan fingerprint density at radius 1 is 1.15 bits per heavy atom. The molecule has 0 aromatic heterocycles. The van der Waals surface area contributed by atoms with Gasteiger partial charge in [-0.3, -0.25) is 4.79 Å². The standard InChI is InChI=1S/C18H19NO6S2/c1-25-15-6-3-5-14(11-15)19-18(20)13-4-2-7-16(10-13)27(23,24)17-8-9-26(21,22)12-17/h2-7,10-11,17H,8-9,12H2,1H3,(H,19,20)/t17-/m0/s1. The number of amides is 1. The second-order valence-corrected chi connectivity index (χ2v) is 10.7. The number of rotatable bonds is 5. The first kappa shape index (κ1) is 19.4. The molecule has 1 fully saturated rings. The van der Waals surface area contributed by atoms with Gasteiger partial charge in [0.1, 0.15) is 5.75 Å². The smallest absolute Gasteiger partial charge is 0.255 e. The lowest BCUT2D eigenvalue weighted by Gasteiger charge is -2.12. The molecule has 7 nitrogen and oxygen atoms in total. The second kappa shape index (κ2) is 7.32. The molecule has 1 heterocycles. The quantitative estimate of drug-likeness (QED) is 0.808. The van der Waals surface area contributed by atoms with Crippen LogP contribution in [-0.4, -0.2) is 46.6 Å². The first-order valence-electron chi connectivity index (χ1n) is 8.21. The highest BCUT2D eigenvalue weighted by atomic mass is 32.2. The fourth-order valence-electron chi connectivity index (χ4n) is 2.92. The topological polar surface area (TPSA) is 107 Å². The van der Waals surface area contributed by atoms with Gasteiger partial charge in [0.05, 0.1) is 28.8 Å². The average Bonchev–Trinajstić information content (AvgIpc) is 3.02. The van der Waals surface area contributed by atoms with E-state index >= 15 is 0 Å². The van der Waals surface area contributed by atoms with Crippen LogP contribution in [-0.2, 0) is 19.7 Å². The van der Waals surface area contributed by atoms with Crippen LogP contribution in [0.2, 0.25) is 0 Å². The molecule has 1 N–H and O–H groups in total. The van der Waals surface area contributed by atoms with Crippen molar-refractivity contribution in [1.82, 2.24) is 0 Å². The lowest BCUT2D eigenvalue weighted by Crippen LogP contribution is -2.23. The Balaban J connectivity index is 1.83. The van der Waals surface area contributed by atoms with Gasteiger partial charge < -0.3 is 10.1 Å². The minimum absolute atomic E-state index is 0.0529. The molecular formula is C18H19NO6S2. The van der Waals surface area contributed by atoms with Crippen molar-refractivity contribution in [3.63, 3.8) is 0 Å². The molecule has 1 amide bonds. The second-order valence-electron chi connectivity index (χ2n) is 6.28. The summed E-state index contributed by atoms with van der Waals surface area (Å²) in [5.74, 6) is -0.409. The van der Waals surface area contributed by atoms with Gasteiger partial charge in [-0.05, 0) is 36.8 Å². The summed E-state index contributed by atoms with van der Waals surface area (Å²) in [6.45, 7) is 0. The monoisotopic (exact) mass is 409 g/mol. The van der Waals surface area contributed by atoms with Crippen molar-refractivity contribution in [2.24, 2.45) is 0 Å². The van der Waals surface area contributed by atoms with Gasteiger partial charge in [-0.1, -0.05) is 12.1 Å². The summed E-state index contributed by atoms with van der Waals surface area (Å²) in [7, 11) is -5.65. The van der Waals surface area contributed by atoms with Gasteiger partial charge in [-0.25, -0.2) is 16.8 Å². The summed E-state index contributed by atoms with van der Waals surface area (Å²) in [6.07, 6.45) is 0.0743. The van der Waals surface area contributed by atoms with Crippen LogP contribution < -0.4 is 10.1 Å². The van der Waals surface area contributed by atoms with Crippen molar-refractivity contribution in [2.75, 3.05) is 23.9 Å². The van der Waals surface area contributed by atoms with Crippen molar-refractivity contribution in [3.05, 3.63) is 54.1 Å². The Kier molecular flexibility index (Phi) is 5.25. The molecule has 0 bridgehead atoms. The Bertz CT molecular complexity index is 1080. The van der Waals surface area contributed by atoms with E-state index in [9.17, 15) is 21.6 Å². The maximum absolute atomic E-state index is 12.7. The zero-order valence-electron chi connectivity index (χ0n) is 14.6. The van der Waals surface area contributed by atoms with Crippen molar-refractivity contribution < 1.29 is 26.4 Å². The van der Waals surface area contributed by atoms with Gasteiger partial charge in [0.25, 0.3) is 5.91 Å². The summed E-state index contributed by atoms with van der Waals surface area (Å²) in [4.78, 5) is 12.4. The average molecular weight is 409 g/mol. The zero-order valence-corrected chi connectivity index (χ0v) is 16.2. The fourth-order valence-corrected chi connectivity index (χ4v) is 7.32. The number of benzene rings is 2. The van der Waals surface area contributed by atoms with Crippen LogP contribution in [0.3, 0.4) is 0 Å². The predicted molar refractivity (Wildman–Crippen MR) is 102 cm³/mol. The van der Waals surface area contributed by atoms with Crippen LogP contribution >= 0.6 is 0 Å². The molecule has 1 aliphatic heterocycles. The number of carbonyl (C=O) groups is 1. The van der Waals surface area contributed by atoms with Crippen LogP contribution in [0.5, 0.6) is 5.75 Å². The Morgan fingerprint density at radius 3 is 2.56 bits per heavy atom. The molecule has 0 aliphatic carbocycles. The van der Waals surface area contributed by atoms with Gasteiger partial charge in [0.2, 0.25) is 0 Å². The first-order valence-corrected chi connectivity index (χ1v) is 11.6. The molecule has 2 aromatic carbocycles. The van der Waals surface area contributed by atoms with Crippen molar-refractivity contribution >= 4 is 31.3 Å². The van der Waals surface area contributed by atoms with Gasteiger partial charge >= 0.3 is 0 Å². The van der Waals surface area contributed by atoms with Crippen molar-refractivity contribution in [2.45, 2.75) is 16.6 Å². The van der Waals surface area contributed by atoms with E-state index in [-0.39, 0.29) is 28.4 Å². The number of anilines is 1. The Hall–Kier alpha value is -2.39. The molecule has 0 unspecified atom stereocenters. The van der Waals surface area contributed by atoms with E-state index in [1.165, 1.54) is 31.4 Å². The maximum Gasteiger partial charge on any atom is 0.255 e. The normalized spacial score (nSPS) is 18.8. The van der Waals surface area contributed by atoms with E-state index in [4.69, 9.17) is 4.74 Å². The molecule has 2 aromatic rings. The molecule has 144 valence electrons. The molecule has 27 heavy (non-hydrogen) atoms. The third-order valence-electron chi connectivity index (χ3n) is 4.38. The number of hydrogen-bond acceptors (Lipinski definition) is 6. The minimum Gasteiger partial charge on any atom is -0.497 e. The largest absolute Gasteiger partial charge is 0.497 e. The van der Waals surface area contributed by atoms with Gasteiger partial charge in [0, 0.05) is 17.3 Å². The van der Waals surface area contributed by atoms with Crippen LogP contribution in [0.25, 0.3) is 0 Å². The van der Waals surface area contributed by atoms with E-state index in [0.717, 1.165) is 0 Å². The number of sulfone groups is 2. The number of ether oxygens (including phenoxy) is 1. The Labute approximate surface area is 158 Å². The number of carbonyl (C=O) groups excluding carboxylic acids is 1. The van der Waals surface area contributed by atoms with E-state index in [2.05, 4.69) is 5.32 Å². The minimum atomic E-state index is -3.83. The third kappa shape index (κ3) is 4.30. The van der Waals surface area contributed by atoms with E-state index < -0.39 is 30.8 Å². The van der Waals surface area contributed by atoms with Crippen molar-refractivity contribution in [3.8, 4) is 5.75 Å². The maximum atomic E-state index is 12.7. The summed E-state index contributed by atoms with van der Waals surface area (Å²) < 4.78 is 53.8. The van der Waals surface area contributed by atoms with Gasteiger partial charge in [-0.2, -0.15) is 0 Å². The number of hydrogen-bond donors (Lipinski definition) is 1. The Morgan fingerprint density at radius 2 is 1.89 bits per heavy atom. The molecule has 0 radical (unpaired) electrons. The first-order chi connectivity index (χ1) is 12.7. The highest BCUT2D eigenvalue weighted by Crippen LogP contribution is 2.26. The fraction of sp³-hybridized carbons (Fsp3) is 0.278. The van der Waals surface area contributed by atoms with Crippen LogP contribution in [0.4, 0.5) is 5.69 Å². The van der Waals surface area contributed by atoms with Gasteiger partial charge in [0.15, 0.2) is 19.7 Å². The summed E-state index contributed by atoms with van der Waals surface area (Å²) >= 11 is 0. The summed E-state index contributed by atoms with van der Waals surface area (Å²) in [6, 6.07) is 12.4. The molecule has 9 heteroatoms. The summed E-state index contributed by atoms with van der Waals surface area (Å²) in [5, 5.41) is 1.71. The molecule has 1 atom stereocenters. The van der Waals surface area contributed by atoms with Crippen LogP contribution in [0.15, 0.2) is 53.4 Å². The number of nitrogens with one attached hydrogen (secondary N) is 1. The molecular weight excluding hydrogens is 390 g/mol. The molecule has 0 saturated carbocycles. The van der Waals surface area contributed by atoms with E-state index in [0.29, 0.717) is 11.4 Å². The van der Waals surface area contributed by atoms with Gasteiger partial charge in [-0.15, -0.1) is 0 Å². The zero-order chi connectivity index (χ0) is 19.7. The number of methoxy groups -OCH3 is 1. The molecule has 0 spiro atoms. The third-order valence-corrected chi connectivity index (χ3v) is 8.55. The van der Waals surface area contributed by atoms with Crippen LogP contribution in [0.1, 0.15) is 16.8 Å². The SMILES string of the molecule is COc1cccc(NC(=O)c2cccc(S(=O)(=O)[C@H]3CCS(=O)(=O)C3)c2)c1. The summed E-state index contributed by atoms with van der Waals surface area (Å²) in [5.41, 5.74) is 0.675. The van der Waals surface area contributed by atoms with Crippen molar-refractivity contribution in [1.29, 1.82) is 0 Å². The predicted octanol–water partition coefficient (Wildman–Crippen LogP) is 1.91. The highest BCUT2D eigenvalue weighted by Gasteiger charge is 2.38. The van der Waals surface area contributed by atoms with Crippen LogP contribution in [0, 0.1) is 0 Å².